The monoisotopic (exact) mass is 1850 g/mol. The topological polar surface area (TPSA) is 174 Å². The van der Waals surface area contributed by atoms with Gasteiger partial charge in [-0.15, -0.1) is 0 Å². The van der Waals surface area contributed by atoms with Crippen LogP contribution < -0.4 is 33.2 Å². The van der Waals surface area contributed by atoms with Crippen LogP contribution in [-0.4, -0.2) is 47.0 Å². The standard InChI is InChI=1S/C123H144N8O7/c1-112(2,3)71-45-72(113(4,5)6)52-84(51-71)133-98-63-92-93(64-99(98)134-85-53-73(114(7,8)9)46-74(54-85)115(10,11)12)108-127-106(92)125-104-90-42-41-70(69-39-38-40-83(43-69)132-37)44-91(90)105(124-104)126-107-94-65-100(135-86-55-75(116(13,14)15)47-76(56-86)117(16,17)18)101(136-87-57-77(118(19,20)21)48-78(58-87)119(22,23)24)66-95(94)109(128-107)130-111-97-68-103(138-89-61-81(122(31,32)33)50-82(62-89)123(34,35)36)102(67-96(97)110(129-108)131-111)137-88-59-79(120(25,26)27)49-80(60-88)121(28,29)30/h38-68H,1-37H3,(H2,124,125,126,127,128,129,130,131). The minimum atomic E-state index is -0.260. The lowest BCUT2D eigenvalue weighted by molar-refractivity contribution is 0.414. The van der Waals surface area contributed by atoms with E-state index in [1.54, 1.807) is 7.11 Å². The summed E-state index contributed by atoms with van der Waals surface area (Å²) in [6.45, 7) is 80.7. The van der Waals surface area contributed by atoms with Crippen molar-refractivity contribution in [3.8, 4) is 131 Å². The van der Waals surface area contributed by atoms with Gasteiger partial charge in [-0.25, -0.2) is 29.9 Å². The first-order chi connectivity index (χ1) is 63.7. The summed E-state index contributed by atoms with van der Waals surface area (Å²) in [5.74, 6) is 8.52. The lowest BCUT2D eigenvalue weighted by Crippen LogP contribution is -2.16. The van der Waals surface area contributed by atoms with E-state index in [1.807, 2.05) is 54.6 Å². The summed E-state index contributed by atoms with van der Waals surface area (Å²) in [6, 6.07) is 66.3. The highest BCUT2D eigenvalue weighted by Gasteiger charge is 2.35. The summed E-state index contributed by atoms with van der Waals surface area (Å²) in [6.07, 6.45) is 0. The number of aromatic amines is 2. The summed E-state index contributed by atoms with van der Waals surface area (Å²) in [5, 5.41) is 2.58. The zero-order valence-electron chi connectivity index (χ0n) is 88.9. The highest BCUT2D eigenvalue weighted by atomic mass is 16.5. The largest absolute Gasteiger partial charge is 0.497 e. The lowest BCUT2D eigenvalue weighted by Gasteiger charge is -2.27. The fraction of sp³-hybridized carbons (Fsp3) is 0.398. The van der Waals surface area contributed by atoms with Crippen LogP contribution in [0.25, 0.3) is 101 Å². The average molecular weight is 1850 g/mol. The van der Waals surface area contributed by atoms with Gasteiger partial charge in [0.1, 0.15) is 62.8 Å². The zero-order chi connectivity index (χ0) is 100. The molecular formula is C123H144N8O7. The Bertz CT molecular complexity index is 7160. The van der Waals surface area contributed by atoms with Gasteiger partial charge in [0.05, 0.1) is 7.11 Å². The predicted molar refractivity (Wildman–Crippen MR) is 572 cm³/mol. The van der Waals surface area contributed by atoms with Crippen molar-refractivity contribution in [2.45, 2.75) is 314 Å². The molecule has 2 aliphatic heterocycles. The van der Waals surface area contributed by atoms with E-state index >= 15 is 0 Å². The highest BCUT2D eigenvalue weighted by molar-refractivity contribution is 6.08. The lowest BCUT2D eigenvalue weighted by atomic mass is 9.80. The maximum absolute atomic E-state index is 7.60. The number of nitrogens with zero attached hydrogens (tertiary/aromatic N) is 6. The molecule has 0 fully saturated rings. The minimum absolute atomic E-state index is 0.245. The van der Waals surface area contributed by atoms with Crippen LogP contribution in [0.4, 0.5) is 0 Å². The molecule has 0 spiro atoms. The first-order valence-corrected chi connectivity index (χ1v) is 48.9. The smallest absolute Gasteiger partial charge is 0.170 e. The molecule has 5 heterocycles. The Balaban J connectivity index is 1.08. The van der Waals surface area contributed by atoms with Gasteiger partial charge in [0, 0.05) is 43.8 Å². The van der Waals surface area contributed by atoms with Gasteiger partial charge in [0.15, 0.2) is 57.8 Å². The number of hydrogen-bond acceptors (Lipinski definition) is 13. The fourth-order valence-electron chi connectivity index (χ4n) is 17.2. The number of hydrogen-bond donors (Lipinski definition) is 2. The molecule has 0 atom stereocenters. The van der Waals surface area contributed by atoms with Gasteiger partial charge in [-0.3, -0.25) is 0 Å². The van der Waals surface area contributed by atoms with E-state index in [2.05, 4.69) is 393 Å². The molecule has 0 saturated carbocycles. The molecule has 2 N–H and O–H groups in total. The second kappa shape index (κ2) is 34.5. The molecule has 718 valence electrons. The van der Waals surface area contributed by atoms with E-state index in [0.29, 0.717) is 153 Å². The first-order valence-electron chi connectivity index (χ1n) is 48.9. The maximum atomic E-state index is 7.60. The van der Waals surface area contributed by atoms with Gasteiger partial charge in [-0.05, 0) is 276 Å². The fourth-order valence-corrected chi connectivity index (χ4v) is 17.2. The number of aromatic nitrogens is 8. The summed E-state index contributed by atoms with van der Waals surface area (Å²) in [4.78, 5) is 42.6. The molecule has 138 heavy (non-hydrogen) atoms. The van der Waals surface area contributed by atoms with Gasteiger partial charge in [0.25, 0.3) is 0 Å². The van der Waals surface area contributed by atoms with Gasteiger partial charge in [0.2, 0.25) is 0 Å². The Morgan fingerprint density at radius 3 is 0.587 bits per heavy atom. The number of nitrogens with one attached hydrogen (secondary N) is 2. The summed E-state index contributed by atoms with van der Waals surface area (Å²) >= 11 is 0. The maximum Gasteiger partial charge on any atom is 0.170 e. The third-order valence-corrected chi connectivity index (χ3v) is 26.6. The summed E-state index contributed by atoms with van der Waals surface area (Å²) < 4.78 is 51.3. The number of rotatable bonds is 14. The van der Waals surface area contributed by atoms with Crippen LogP contribution in [0, 0.1) is 0 Å². The molecule has 2 aliphatic rings. The molecular weight excluding hydrogens is 1700 g/mol. The van der Waals surface area contributed by atoms with Gasteiger partial charge >= 0.3 is 0 Å². The van der Waals surface area contributed by atoms with E-state index in [4.69, 9.17) is 63.1 Å². The van der Waals surface area contributed by atoms with Crippen LogP contribution in [0.15, 0.2) is 188 Å². The van der Waals surface area contributed by atoms with E-state index in [9.17, 15) is 0 Å². The van der Waals surface area contributed by atoms with E-state index in [-0.39, 0.29) is 65.0 Å². The van der Waals surface area contributed by atoms with E-state index < -0.39 is 0 Å². The van der Waals surface area contributed by atoms with Crippen LogP contribution in [0.1, 0.15) is 316 Å². The van der Waals surface area contributed by atoms with Crippen LogP contribution in [0.3, 0.4) is 0 Å². The molecule has 8 bridgehead atoms. The highest BCUT2D eigenvalue weighted by Crippen LogP contribution is 2.53. The van der Waals surface area contributed by atoms with Crippen molar-refractivity contribution >= 4 is 44.1 Å². The molecule has 0 aliphatic carbocycles. The number of methoxy groups -OCH3 is 1. The average Bonchev–Trinajstić information content (AvgIpc) is 1.58. The molecule has 11 aromatic carbocycles. The SMILES string of the molecule is COc1cccc(-c2ccc3c(c2)-c2nc-3nc3[nH]c(nc4nc(nc5[nH]c(n2)c2cc(Oc6cc(C(C)(C)C)cc(C(C)(C)C)c6)c(Oc6cc(C(C)(C)C)cc(C(C)(C)C)c6)cc52)-c2cc(Oc5cc(C(C)(C)C)cc(C(C)(C)C)c5)c(Oc5cc(C(C)(C)C)cc(C(C)(C)C)c5)cc2-4)c2cc(Oc4cc(C(C)(C)C)cc(C(C)(C)C)c4)c(Oc4cc(C(C)(C)C)cc(C(C)(C)C)c4)cc32)c1. The van der Waals surface area contributed by atoms with Crippen molar-refractivity contribution in [2.24, 2.45) is 0 Å². The van der Waals surface area contributed by atoms with Crippen LogP contribution in [0.2, 0.25) is 0 Å². The number of fused-ring (bicyclic) bond motifs is 20. The summed E-state index contributed by atoms with van der Waals surface area (Å²) in [7, 11) is 1.69. The van der Waals surface area contributed by atoms with Gasteiger partial charge in [-0.1, -0.05) is 304 Å². The second-order valence-corrected chi connectivity index (χ2v) is 50.7. The predicted octanol–water partition coefficient (Wildman–Crippen LogP) is 34.9. The van der Waals surface area contributed by atoms with Crippen LogP contribution in [-0.2, 0) is 65.0 Å². The molecule has 0 saturated heterocycles. The second-order valence-electron chi connectivity index (χ2n) is 50.7. The normalized spacial score (nSPS) is 13.3. The molecule has 15 nitrogen and oxygen atoms in total. The Kier molecular flexibility index (Phi) is 24.6. The molecule has 0 radical (unpaired) electrons. The Labute approximate surface area is 819 Å². The summed E-state index contributed by atoms with van der Waals surface area (Å²) in [5.41, 5.74) is 16.6. The zero-order valence-corrected chi connectivity index (χ0v) is 88.9. The Morgan fingerprint density at radius 2 is 0.377 bits per heavy atom. The Hall–Kier alpha value is -12.6. The Morgan fingerprint density at radius 1 is 0.181 bits per heavy atom. The van der Waals surface area contributed by atoms with Crippen molar-refractivity contribution in [1.29, 1.82) is 0 Å². The number of benzene rings is 11. The van der Waals surface area contributed by atoms with Crippen LogP contribution >= 0.6 is 0 Å². The molecule has 0 amide bonds. The molecule has 16 rings (SSSR count). The van der Waals surface area contributed by atoms with Gasteiger partial charge < -0.3 is 43.1 Å². The van der Waals surface area contributed by atoms with Gasteiger partial charge in [-0.2, -0.15) is 0 Å². The van der Waals surface area contributed by atoms with Crippen molar-refractivity contribution in [2.75, 3.05) is 7.11 Å². The molecule has 15 heteroatoms. The minimum Gasteiger partial charge on any atom is -0.497 e. The van der Waals surface area contributed by atoms with Crippen molar-refractivity contribution in [1.82, 2.24) is 39.9 Å². The van der Waals surface area contributed by atoms with E-state index in [1.165, 1.54) is 0 Å². The third kappa shape index (κ3) is 21.0. The number of ether oxygens (including phenoxy) is 7. The van der Waals surface area contributed by atoms with E-state index in [0.717, 1.165) is 89.0 Å². The van der Waals surface area contributed by atoms with Crippen LogP contribution in [0.5, 0.6) is 74.7 Å². The van der Waals surface area contributed by atoms with Crippen molar-refractivity contribution < 1.29 is 33.2 Å². The third-order valence-electron chi connectivity index (χ3n) is 26.6. The molecule has 14 aromatic rings. The van der Waals surface area contributed by atoms with Crippen molar-refractivity contribution in [3.63, 3.8) is 0 Å². The first kappa shape index (κ1) is 98.4. The molecule has 0 unspecified atom stereocenters. The number of H-pyrrole nitrogens is 2. The molecule has 3 aromatic heterocycles. The quantitative estimate of drug-likeness (QED) is 0.105. The van der Waals surface area contributed by atoms with Crippen molar-refractivity contribution in [3.05, 3.63) is 255 Å².